The van der Waals surface area contributed by atoms with Crippen molar-refractivity contribution < 1.29 is 0 Å². The molecule has 1 atom stereocenters. The lowest BCUT2D eigenvalue weighted by Gasteiger charge is -2.06. The van der Waals surface area contributed by atoms with Crippen LogP contribution in [0.1, 0.15) is 29.7 Å². The molecule has 2 rings (SSSR count). The van der Waals surface area contributed by atoms with Gasteiger partial charge in [-0.25, -0.2) is 4.98 Å². The maximum Gasteiger partial charge on any atom is 0.187 e. The molecule has 4 nitrogen and oxygen atoms in total. The van der Waals surface area contributed by atoms with Crippen LogP contribution in [-0.2, 0) is 0 Å². The Bertz CT molecular complexity index is 661. The first kappa shape index (κ1) is 14.2. The molecule has 0 amide bonds. The third-order valence-electron chi connectivity index (χ3n) is 2.85. The Morgan fingerprint density at radius 3 is 2.55 bits per heavy atom. The van der Waals surface area contributed by atoms with Crippen LogP contribution < -0.4 is 5.32 Å². The summed E-state index contributed by atoms with van der Waals surface area (Å²) in [5, 5.41) is 22.5. The zero-order valence-corrected chi connectivity index (χ0v) is 12.5. The van der Waals surface area contributed by atoms with Gasteiger partial charge >= 0.3 is 0 Å². The number of nitrogens with one attached hydrogen (secondary N) is 2. The summed E-state index contributed by atoms with van der Waals surface area (Å²) < 4.78 is 0. The highest BCUT2D eigenvalue weighted by Gasteiger charge is 2.16. The van der Waals surface area contributed by atoms with Crippen molar-refractivity contribution >= 4 is 27.9 Å². The van der Waals surface area contributed by atoms with E-state index in [0.717, 1.165) is 10.8 Å². The summed E-state index contributed by atoms with van der Waals surface area (Å²) in [4.78, 5) is 4.40. The number of hydrogen-bond donors (Lipinski definition) is 2. The summed E-state index contributed by atoms with van der Waals surface area (Å²) in [5.74, 6) is -0.555. The van der Waals surface area contributed by atoms with Crippen LogP contribution in [0.2, 0.25) is 0 Å². The summed E-state index contributed by atoms with van der Waals surface area (Å²) in [6.07, 6.45) is 0. The van der Waals surface area contributed by atoms with Gasteiger partial charge in [0.15, 0.2) is 5.13 Å². The third kappa shape index (κ3) is 3.22. The fourth-order valence-electron chi connectivity index (χ4n) is 2.03. The van der Waals surface area contributed by atoms with Gasteiger partial charge in [-0.15, -0.1) is 11.3 Å². The van der Waals surface area contributed by atoms with Crippen molar-refractivity contribution in [2.75, 3.05) is 5.32 Å². The molecule has 1 heterocycles. The molecule has 102 valence electrons. The fourth-order valence-corrected chi connectivity index (χ4v) is 2.79. The highest BCUT2D eigenvalue weighted by Crippen LogP contribution is 2.26. The lowest BCUT2D eigenvalue weighted by molar-refractivity contribution is 1.05. The number of nitriles is 1. The molecule has 0 bridgehead atoms. The Balaban J connectivity index is 2.21. The van der Waals surface area contributed by atoms with Crippen molar-refractivity contribution in [2.24, 2.45) is 0 Å². The second kappa shape index (κ2) is 5.85. The minimum atomic E-state index is -0.555. The third-order valence-corrected chi connectivity index (χ3v) is 3.63. The lowest BCUT2D eigenvalue weighted by Crippen LogP contribution is -2.05. The van der Waals surface area contributed by atoms with Gasteiger partial charge in [-0.3, -0.25) is 0 Å². The molecule has 0 radical (unpaired) electrons. The van der Waals surface area contributed by atoms with E-state index in [4.69, 9.17) is 10.7 Å². The monoisotopic (exact) mass is 284 g/mol. The Morgan fingerprint density at radius 1 is 1.35 bits per heavy atom. The molecule has 2 N–H and O–H groups in total. The summed E-state index contributed by atoms with van der Waals surface area (Å²) in [6.45, 7) is 5.73. The van der Waals surface area contributed by atoms with E-state index < -0.39 is 5.92 Å². The van der Waals surface area contributed by atoms with Crippen molar-refractivity contribution in [1.29, 1.82) is 10.7 Å². The van der Waals surface area contributed by atoms with E-state index >= 15 is 0 Å². The van der Waals surface area contributed by atoms with Gasteiger partial charge in [-0.2, -0.15) is 5.26 Å². The number of aryl methyl sites for hydroxylation is 2. The van der Waals surface area contributed by atoms with Crippen molar-refractivity contribution in [3.63, 3.8) is 0 Å². The van der Waals surface area contributed by atoms with Crippen LogP contribution in [0.5, 0.6) is 0 Å². The van der Waals surface area contributed by atoms with Crippen LogP contribution in [0, 0.1) is 30.6 Å². The van der Waals surface area contributed by atoms with Gasteiger partial charge in [0.1, 0.15) is 5.92 Å². The summed E-state index contributed by atoms with van der Waals surface area (Å²) in [7, 11) is 0. The highest BCUT2D eigenvalue weighted by molar-refractivity contribution is 7.13. The quantitative estimate of drug-likeness (QED) is 0.828. The van der Waals surface area contributed by atoms with E-state index in [2.05, 4.69) is 48.4 Å². The Kier molecular flexibility index (Phi) is 4.16. The van der Waals surface area contributed by atoms with E-state index in [1.165, 1.54) is 22.5 Å². The largest absolute Gasteiger partial charge is 0.332 e. The van der Waals surface area contributed by atoms with Crippen molar-refractivity contribution in [3.8, 4) is 6.07 Å². The van der Waals surface area contributed by atoms with Gasteiger partial charge in [-0.05, 0) is 44.0 Å². The van der Waals surface area contributed by atoms with E-state index in [1.807, 2.05) is 5.38 Å². The van der Waals surface area contributed by atoms with E-state index in [0.29, 0.717) is 11.4 Å². The summed E-state index contributed by atoms with van der Waals surface area (Å²) >= 11 is 1.45. The lowest BCUT2D eigenvalue weighted by atomic mass is 10.0. The average Bonchev–Trinajstić information content (AvgIpc) is 2.76. The number of benzene rings is 1. The Morgan fingerprint density at radius 2 is 2.00 bits per heavy atom. The molecule has 0 spiro atoms. The van der Waals surface area contributed by atoms with Crippen molar-refractivity contribution in [3.05, 3.63) is 40.4 Å². The number of hydrogen-bond acceptors (Lipinski definition) is 5. The summed E-state index contributed by atoms with van der Waals surface area (Å²) in [5.41, 5.74) is 4.32. The Labute approximate surface area is 122 Å². The standard InChI is InChI=1S/C15H16N4S/c1-9-4-10(2)6-12(5-9)18-15-19-14(8-20-15)13(7-16)11(3)17/h4-6,8,13,17H,1-3H3,(H,18,19). The first-order valence-electron chi connectivity index (χ1n) is 6.25. The smallest absolute Gasteiger partial charge is 0.187 e. The molecule has 5 heteroatoms. The molecule has 0 aliphatic rings. The highest BCUT2D eigenvalue weighted by atomic mass is 32.1. The molecule has 0 aliphatic heterocycles. The SMILES string of the molecule is CC(=N)C(C#N)c1csc(Nc2cc(C)cc(C)c2)n1. The zero-order valence-electron chi connectivity index (χ0n) is 11.7. The van der Waals surface area contributed by atoms with Gasteiger partial charge in [-0.1, -0.05) is 6.07 Å². The normalized spacial score (nSPS) is 11.7. The molecular weight excluding hydrogens is 268 g/mol. The number of nitrogens with zero attached hydrogens (tertiary/aromatic N) is 2. The predicted molar refractivity (Wildman–Crippen MR) is 83.1 cm³/mol. The molecule has 0 saturated heterocycles. The minimum Gasteiger partial charge on any atom is -0.332 e. The molecule has 0 saturated carbocycles. The molecule has 1 unspecified atom stereocenters. The second-order valence-electron chi connectivity index (χ2n) is 4.82. The molecule has 2 aromatic rings. The fraction of sp³-hybridized carbons (Fsp3) is 0.267. The van der Waals surface area contributed by atoms with Crippen LogP contribution in [0.4, 0.5) is 10.8 Å². The van der Waals surface area contributed by atoms with Crippen LogP contribution in [0.15, 0.2) is 23.6 Å². The maximum absolute atomic E-state index is 9.08. The predicted octanol–water partition coefficient (Wildman–Crippen LogP) is 4.15. The van der Waals surface area contributed by atoms with Gasteiger partial charge in [0.2, 0.25) is 0 Å². The molecular formula is C15H16N4S. The van der Waals surface area contributed by atoms with Crippen molar-refractivity contribution in [1.82, 2.24) is 4.98 Å². The molecule has 1 aromatic carbocycles. The number of thiazole rings is 1. The van der Waals surface area contributed by atoms with Gasteiger partial charge in [0.25, 0.3) is 0 Å². The first-order chi connectivity index (χ1) is 9.49. The molecule has 20 heavy (non-hydrogen) atoms. The van der Waals surface area contributed by atoms with E-state index in [9.17, 15) is 0 Å². The Hall–Kier alpha value is -2.19. The van der Waals surface area contributed by atoms with Gasteiger partial charge in [0, 0.05) is 16.8 Å². The van der Waals surface area contributed by atoms with Gasteiger partial charge in [0.05, 0.1) is 11.8 Å². The topological polar surface area (TPSA) is 72.6 Å². The van der Waals surface area contributed by atoms with Crippen LogP contribution >= 0.6 is 11.3 Å². The zero-order chi connectivity index (χ0) is 14.7. The minimum absolute atomic E-state index is 0.316. The number of anilines is 2. The first-order valence-corrected chi connectivity index (χ1v) is 7.13. The van der Waals surface area contributed by atoms with Crippen LogP contribution in [0.25, 0.3) is 0 Å². The average molecular weight is 284 g/mol. The van der Waals surface area contributed by atoms with E-state index in [-0.39, 0.29) is 0 Å². The van der Waals surface area contributed by atoms with Crippen molar-refractivity contribution in [2.45, 2.75) is 26.7 Å². The van der Waals surface area contributed by atoms with Gasteiger partial charge < -0.3 is 10.7 Å². The summed E-state index contributed by atoms with van der Waals surface area (Å²) in [6, 6.07) is 8.33. The molecule has 0 aliphatic carbocycles. The van der Waals surface area contributed by atoms with E-state index in [1.54, 1.807) is 6.92 Å². The maximum atomic E-state index is 9.08. The molecule has 0 fully saturated rings. The van der Waals surface area contributed by atoms with Crippen LogP contribution in [0.3, 0.4) is 0 Å². The van der Waals surface area contributed by atoms with Crippen LogP contribution in [-0.4, -0.2) is 10.7 Å². The molecule has 1 aromatic heterocycles. The second-order valence-corrected chi connectivity index (χ2v) is 5.68. The number of aromatic nitrogens is 1. The number of rotatable bonds is 4.